The molecule has 4 nitrogen and oxygen atoms in total. The van der Waals surface area contributed by atoms with E-state index in [2.05, 4.69) is 0 Å². The molecule has 0 aliphatic heterocycles. The van der Waals surface area contributed by atoms with Crippen LogP contribution in [0, 0.1) is 0 Å². The molecule has 1 rings (SSSR count). The number of hydrogen-bond acceptors (Lipinski definition) is 4. The Morgan fingerprint density at radius 2 is 1.56 bits per heavy atom. The van der Waals surface area contributed by atoms with Crippen LogP contribution in [0.1, 0.15) is 11.6 Å². The van der Waals surface area contributed by atoms with Crippen LogP contribution in [0.2, 0.25) is 0 Å². The molecule has 0 aliphatic carbocycles. The van der Waals surface area contributed by atoms with Gasteiger partial charge in [0.2, 0.25) is 5.75 Å². The minimum absolute atomic E-state index is 0.0807. The Bertz CT molecular complexity index is 421. The number of alkyl halides is 3. The molecule has 0 saturated heterocycles. The van der Waals surface area contributed by atoms with Crippen LogP contribution in [0.3, 0.4) is 0 Å². The predicted octanol–water partition coefficient (Wildman–Crippen LogP) is 2.27. The van der Waals surface area contributed by atoms with E-state index in [0.717, 1.165) is 0 Å². The van der Waals surface area contributed by atoms with Crippen molar-refractivity contribution >= 4 is 0 Å². The Kier molecular flexibility index (Phi) is 4.28. The fourth-order valence-electron chi connectivity index (χ4n) is 1.55. The average molecular weight is 265 g/mol. The normalized spacial score (nSPS) is 13.1. The van der Waals surface area contributed by atoms with Gasteiger partial charge in [-0.05, 0) is 12.1 Å². The SMILES string of the molecule is COc1ccc(C(N)C(F)(F)F)c(OC)c1OC. The maximum atomic E-state index is 12.6. The summed E-state index contributed by atoms with van der Waals surface area (Å²) in [5.41, 5.74) is 4.96. The zero-order valence-corrected chi connectivity index (χ0v) is 10.2. The van der Waals surface area contributed by atoms with Crippen LogP contribution in [0.25, 0.3) is 0 Å². The molecule has 0 radical (unpaired) electrons. The fourth-order valence-corrected chi connectivity index (χ4v) is 1.55. The van der Waals surface area contributed by atoms with Gasteiger partial charge < -0.3 is 19.9 Å². The van der Waals surface area contributed by atoms with Crippen LogP contribution in [0.5, 0.6) is 17.2 Å². The van der Waals surface area contributed by atoms with Crippen LogP contribution in [-0.4, -0.2) is 27.5 Å². The van der Waals surface area contributed by atoms with Gasteiger partial charge in [-0.15, -0.1) is 0 Å². The number of benzene rings is 1. The van der Waals surface area contributed by atoms with Crippen LogP contribution < -0.4 is 19.9 Å². The average Bonchev–Trinajstić information content (AvgIpc) is 2.34. The minimum Gasteiger partial charge on any atom is -0.493 e. The summed E-state index contributed by atoms with van der Waals surface area (Å²) < 4.78 is 52.8. The molecule has 1 aromatic rings. The third-order valence-electron chi connectivity index (χ3n) is 2.42. The summed E-state index contributed by atoms with van der Waals surface area (Å²) in [6.07, 6.45) is -4.56. The summed E-state index contributed by atoms with van der Waals surface area (Å²) in [7, 11) is 3.92. The van der Waals surface area contributed by atoms with E-state index >= 15 is 0 Å². The monoisotopic (exact) mass is 265 g/mol. The second kappa shape index (κ2) is 5.34. The smallest absolute Gasteiger partial charge is 0.407 e. The highest BCUT2D eigenvalue weighted by Gasteiger charge is 2.40. The van der Waals surface area contributed by atoms with Crippen molar-refractivity contribution < 1.29 is 27.4 Å². The number of hydrogen-bond donors (Lipinski definition) is 1. The molecule has 1 aromatic carbocycles. The quantitative estimate of drug-likeness (QED) is 0.907. The molecule has 0 heterocycles. The van der Waals surface area contributed by atoms with Gasteiger partial charge in [-0.25, -0.2) is 0 Å². The number of methoxy groups -OCH3 is 3. The molecule has 18 heavy (non-hydrogen) atoms. The molecule has 102 valence electrons. The lowest BCUT2D eigenvalue weighted by atomic mass is 10.0. The fraction of sp³-hybridized carbons (Fsp3) is 0.455. The zero-order chi connectivity index (χ0) is 13.9. The van der Waals surface area contributed by atoms with Crippen molar-refractivity contribution in [2.24, 2.45) is 5.73 Å². The van der Waals surface area contributed by atoms with Crippen molar-refractivity contribution in [3.05, 3.63) is 17.7 Å². The van der Waals surface area contributed by atoms with Gasteiger partial charge >= 0.3 is 6.18 Å². The van der Waals surface area contributed by atoms with Crippen LogP contribution >= 0.6 is 0 Å². The molecule has 0 bridgehead atoms. The van der Waals surface area contributed by atoms with E-state index in [1.54, 1.807) is 0 Å². The lowest BCUT2D eigenvalue weighted by Gasteiger charge is -2.21. The van der Waals surface area contributed by atoms with Crippen molar-refractivity contribution in [3.63, 3.8) is 0 Å². The van der Waals surface area contributed by atoms with Gasteiger partial charge in [0.25, 0.3) is 0 Å². The van der Waals surface area contributed by atoms with Gasteiger partial charge in [-0.3, -0.25) is 0 Å². The van der Waals surface area contributed by atoms with Gasteiger partial charge in [0.05, 0.1) is 21.3 Å². The van der Waals surface area contributed by atoms with Gasteiger partial charge in [-0.1, -0.05) is 0 Å². The van der Waals surface area contributed by atoms with E-state index in [1.807, 2.05) is 0 Å². The predicted molar refractivity (Wildman–Crippen MR) is 59.1 cm³/mol. The van der Waals surface area contributed by atoms with Crippen molar-refractivity contribution in [3.8, 4) is 17.2 Å². The topological polar surface area (TPSA) is 53.7 Å². The summed E-state index contributed by atoms with van der Waals surface area (Å²) in [5.74, 6) is 0.270. The zero-order valence-electron chi connectivity index (χ0n) is 10.2. The Labute approximate surface area is 102 Å². The molecule has 0 aromatic heterocycles. The molecule has 7 heteroatoms. The largest absolute Gasteiger partial charge is 0.493 e. The Balaban J connectivity index is 3.38. The summed E-state index contributed by atoms with van der Waals surface area (Å²) >= 11 is 0. The molecule has 0 saturated carbocycles. The Morgan fingerprint density at radius 3 is 1.94 bits per heavy atom. The summed E-state index contributed by atoms with van der Waals surface area (Å²) in [6, 6.07) is 0.410. The molecule has 0 aliphatic rings. The molecular formula is C11H14F3NO3. The third kappa shape index (κ3) is 2.61. The minimum atomic E-state index is -4.56. The molecule has 1 unspecified atom stereocenters. The molecule has 0 spiro atoms. The van der Waals surface area contributed by atoms with E-state index in [1.165, 1.54) is 33.5 Å². The van der Waals surface area contributed by atoms with Crippen LogP contribution in [-0.2, 0) is 0 Å². The highest BCUT2D eigenvalue weighted by Crippen LogP contribution is 2.44. The van der Waals surface area contributed by atoms with Crippen molar-refractivity contribution in [1.82, 2.24) is 0 Å². The van der Waals surface area contributed by atoms with Gasteiger partial charge in [0, 0.05) is 5.56 Å². The number of ether oxygens (including phenoxy) is 3. The number of nitrogens with two attached hydrogens (primary N) is 1. The highest BCUT2D eigenvalue weighted by atomic mass is 19.4. The first kappa shape index (κ1) is 14.4. The summed E-state index contributed by atoms with van der Waals surface area (Å²) in [6.45, 7) is 0. The van der Waals surface area contributed by atoms with E-state index < -0.39 is 12.2 Å². The first-order valence-corrected chi connectivity index (χ1v) is 4.98. The van der Waals surface area contributed by atoms with Crippen molar-refractivity contribution in [2.75, 3.05) is 21.3 Å². The molecule has 1 atom stereocenters. The molecular weight excluding hydrogens is 251 g/mol. The van der Waals surface area contributed by atoms with Crippen LogP contribution in [0.15, 0.2) is 12.1 Å². The van der Waals surface area contributed by atoms with Gasteiger partial charge in [0.1, 0.15) is 6.04 Å². The summed E-state index contributed by atoms with van der Waals surface area (Å²) in [4.78, 5) is 0. The van der Waals surface area contributed by atoms with Crippen molar-refractivity contribution in [2.45, 2.75) is 12.2 Å². The van der Waals surface area contributed by atoms with Crippen LogP contribution in [0.4, 0.5) is 13.2 Å². The Hall–Kier alpha value is -1.63. The second-order valence-corrected chi connectivity index (χ2v) is 3.44. The van der Waals surface area contributed by atoms with E-state index in [0.29, 0.717) is 0 Å². The molecule has 2 N–H and O–H groups in total. The maximum Gasteiger partial charge on any atom is 0.407 e. The number of rotatable bonds is 4. The lowest BCUT2D eigenvalue weighted by Crippen LogP contribution is -2.28. The van der Waals surface area contributed by atoms with E-state index in [4.69, 9.17) is 19.9 Å². The summed E-state index contributed by atoms with van der Waals surface area (Å²) in [5, 5.41) is 0. The highest BCUT2D eigenvalue weighted by molar-refractivity contribution is 5.56. The van der Waals surface area contributed by atoms with E-state index in [-0.39, 0.29) is 22.8 Å². The molecule has 0 amide bonds. The first-order valence-electron chi connectivity index (χ1n) is 4.98. The standard InChI is InChI=1S/C11H14F3NO3/c1-16-7-5-4-6(10(15)11(12,13)14)8(17-2)9(7)18-3/h4-5,10H,15H2,1-3H3. The van der Waals surface area contributed by atoms with E-state index in [9.17, 15) is 13.2 Å². The maximum absolute atomic E-state index is 12.6. The first-order chi connectivity index (χ1) is 8.36. The number of halogens is 3. The van der Waals surface area contributed by atoms with Crippen molar-refractivity contribution in [1.29, 1.82) is 0 Å². The molecule has 0 fully saturated rings. The third-order valence-corrected chi connectivity index (χ3v) is 2.42. The lowest BCUT2D eigenvalue weighted by molar-refractivity contribution is -0.149. The van der Waals surface area contributed by atoms with Gasteiger partial charge in [-0.2, -0.15) is 13.2 Å². The second-order valence-electron chi connectivity index (χ2n) is 3.44. The Morgan fingerprint density at radius 1 is 1.00 bits per heavy atom. The van der Waals surface area contributed by atoms with Gasteiger partial charge in [0.15, 0.2) is 11.5 Å².